The molecule has 0 aliphatic heterocycles. The van der Waals surface area contributed by atoms with Crippen LogP contribution in [-0.2, 0) is 11.2 Å². The first kappa shape index (κ1) is 20.1. The van der Waals surface area contributed by atoms with Gasteiger partial charge in [0.25, 0.3) is 0 Å². The molecule has 114 valence electrons. The zero-order chi connectivity index (χ0) is 18.0. The molecule has 0 aliphatic carbocycles. The summed E-state index contributed by atoms with van der Waals surface area (Å²) in [5.74, 6) is 27.3. The van der Waals surface area contributed by atoms with Gasteiger partial charge in [-0.25, -0.2) is 0 Å². The van der Waals surface area contributed by atoms with Crippen LogP contribution >= 0.6 is 0 Å². The number of terminal acetylenes is 1. The third-order valence-electron chi connectivity index (χ3n) is 2.09. The lowest BCUT2D eigenvalue weighted by atomic mass is 10.1. The zero-order valence-corrected chi connectivity index (χ0v) is 13.4. The molecule has 24 heavy (non-hydrogen) atoms. The molecule has 0 fully saturated rings. The van der Waals surface area contributed by atoms with E-state index in [1.165, 1.54) is 0 Å². The van der Waals surface area contributed by atoms with Gasteiger partial charge in [-0.2, -0.15) is 0 Å². The van der Waals surface area contributed by atoms with E-state index in [2.05, 4.69) is 65.1 Å². The van der Waals surface area contributed by atoms with Crippen LogP contribution in [0.1, 0.15) is 19.4 Å². The van der Waals surface area contributed by atoms with Crippen molar-refractivity contribution < 1.29 is 9.90 Å². The van der Waals surface area contributed by atoms with Gasteiger partial charge in [-0.3, -0.25) is 4.79 Å². The van der Waals surface area contributed by atoms with E-state index in [9.17, 15) is 4.79 Å². The lowest BCUT2D eigenvalue weighted by molar-refractivity contribution is -0.116. The highest BCUT2D eigenvalue weighted by molar-refractivity contribution is 5.78. The molecule has 0 radical (unpaired) electrons. The minimum absolute atomic E-state index is 0.135. The monoisotopic (exact) mass is 310 g/mol. The smallest absolute Gasteiger partial charge is 0.134 e. The number of Topliss-reactive ketones (excluding diaryl/α,β-unsaturated/α-hetero) is 1. The Hall–Kier alpha value is -3.95. The third-order valence-corrected chi connectivity index (χ3v) is 2.09. The van der Waals surface area contributed by atoms with Gasteiger partial charge in [0, 0.05) is 6.42 Å². The van der Waals surface area contributed by atoms with E-state index in [1.807, 2.05) is 0 Å². The Kier molecular flexibility index (Phi) is 11.7. The summed E-state index contributed by atoms with van der Waals surface area (Å²) in [6, 6.07) is 6.66. The predicted octanol–water partition coefficient (Wildman–Crippen LogP) is 2.18. The summed E-state index contributed by atoms with van der Waals surface area (Å²) < 4.78 is 0. The van der Waals surface area contributed by atoms with Crippen LogP contribution < -0.4 is 0 Å². The molecular weight excluding hydrogens is 296 g/mol. The van der Waals surface area contributed by atoms with Gasteiger partial charge >= 0.3 is 0 Å². The van der Waals surface area contributed by atoms with Gasteiger partial charge in [0.05, 0.1) is 0 Å². The van der Waals surface area contributed by atoms with Crippen LogP contribution in [0.2, 0.25) is 0 Å². The molecule has 0 heterocycles. The molecule has 0 aromatic heterocycles. The van der Waals surface area contributed by atoms with Crippen molar-refractivity contribution in [1.82, 2.24) is 0 Å². The molecule has 0 saturated heterocycles. The number of rotatable bonds is 2. The van der Waals surface area contributed by atoms with Crippen LogP contribution in [0.15, 0.2) is 24.3 Å². The van der Waals surface area contributed by atoms with E-state index in [0.717, 1.165) is 5.56 Å². The van der Waals surface area contributed by atoms with Crippen LogP contribution in [0.25, 0.3) is 0 Å². The second-order valence-corrected chi connectivity index (χ2v) is 4.06. The van der Waals surface area contributed by atoms with E-state index in [-0.39, 0.29) is 11.5 Å². The van der Waals surface area contributed by atoms with Crippen molar-refractivity contribution in [2.75, 3.05) is 0 Å². The number of phenols is 1. The van der Waals surface area contributed by atoms with E-state index < -0.39 is 0 Å². The second kappa shape index (κ2) is 14.0. The van der Waals surface area contributed by atoms with Crippen molar-refractivity contribution in [1.29, 1.82) is 0 Å². The Morgan fingerprint density at radius 2 is 1.38 bits per heavy atom. The molecule has 1 aromatic rings. The van der Waals surface area contributed by atoms with Gasteiger partial charge in [-0.1, -0.05) is 18.1 Å². The Balaban J connectivity index is 0.000000446. The Labute approximate surface area is 143 Å². The first-order chi connectivity index (χ1) is 11.6. The normalized spacial score (nSPS) is 6.38. The van der Waals surface area contributed by atoms with Crippen LogP contribution in [0.3, 0.4) is 0 Å². The fourth-order valence-corrected chi connectivity index (χ4v) is 1.22. The summed E-state index contributed by atoms with van der Waals surface area (Å²) in [7, 11) is 0. The summed E-state index contributed by atoms with van der Waals surface area (Å²) >= 11 is 0. The van der Waals surface area contributed by atoms with Gasteiger partial charge in [0.2, 0.25) is 0 Å². The molecule has 1 aromatic carbocycles. The summed E-state index contributed by atoms with van der Waals surface area (Å²) in [6.07, 6.45) is 5.30. The summed E-state index contributed by atoms with van der Waals surface area (Å²) in [4.78, 5) is 10.6. The SMILES string of the molecule is C#CC#CC#CC#CC#CC#CC.CC(=O)Cc1ccc(O)cc1. The number of hydrogen-bond acceptors (Lipinski definition) is 2. The summed E-state index contributed by atoms with van der Waals surface area (Å²) in [6.45, 7) is 3.25. The average molecular weight is 310 g/mol. The van der Waals surface area contributed by atoms with Crippen LogP contribution in [0, 0.1) is 71.5 Å². The van der Waals surface area contributed by atoms with Gasteiger partial charge in [0.15, 0.2) is 0 Å². The number of phenolic OH excluding ortho intramolecular Hbond substituents is 1. The maximum atomic E-state index is 10.6. The fraction of sp³-hybridized carbons (Fsp3) is 0.136. The second-order valence-electron chi connectivity index (χ2n) is 4.06. The molecule has 0 aliphatic rings. The molecule has 1 N–H and O–H groups in total. The van der Waals surface area contributed by atoms with Gasteiger partial charge < -0.3 is 5.11 Å². The summed E-state index contributed by atoms with van der Waals surface area (Å²) in [5, 5.41) is 8.91. The van der Waals surface area contributed by atoms with E-state index in [1.54, 1.807) is 38.1 Å². The van der Waals surface area contributed by atoms with Crippen molar-refractivity contribution in [2.24, 2.45) is 0 Å². The molecule has 0 amide bonds. The number of benzene rings is 1. The lowest BCUT2D eigenvalue weighted by Gasteiger charge is -1.96. The highest BCUT2D eigenvalue weighted by Crippen LogP contribution is 2.09. The number of hydrogen-bond donors (Lipinski definition) is 1. The van der Waals surface area contributed by atoms with E-state index in [4.69, 9.17) is 11.5 Å². The maximum Gasteiger partial charge on any atom is 0.134 e. The average Bonchev–Trinajstić information content (AvgIpc) is 2.56. The molecule has 2 nitrogen and oxygen atoms in total. The minimum Gasteiger partial charge on any atom is -0.508 e. The van der Waals surface area contributed by atoms with Gasteiger partial charge in [0.1, 0.15) is 11.5 Å². The topological polar surface area (TPSA) is 37.3 Å². The lowest BCUT2D eigenvalue weighted by Crippen LogP contribution is -1.94. The van der Waals surface area contributed by atoms with Gasteiger partial charge in [-0.05, 0) is 90.7 Å². The Morgan fingerprint density at radius 3 is 1.79 bits per heavy atom. The van der Waals surface area contributed by atoms with Crippen LogP contribution in [-0.4, -0.2) is 10.9 Å². The van der Waals surface area contributed by atoms with E-state index >= 15 is 0 Å². The molecular formula is C22H14O2. The molecule has 0 atom stereocenters. The largest absolute Gasteiger partial charge is 0.508 e. The highest BCUT2D eigenvalue weighted by Gasteiger charge is 1.96. The zero-order valence-electron chi connectivity index (χ0n) is 13.4. The van der Waals surface area contributed by atoms with Crippen LogP contribution in [0.5, 0.6) is 5.75 Å². The maximum absolute atomic E-state index is 10.6. The van der Waals surface area contributed by atoms with Crippen molar-refractivity contribution in [3.05, 3.63) is 29.8 Å². The minimum atomic E-state index is 0.135. The van der Waals surface area contributed by atoms with E-state index in [0.29, 0.717) is 6.42 Å². The molecule has 0 spiro atoms. The molecule has 0 unspecified atom stereocenters. The number of carbonyl (C=O) groups is 1. The van der Waals surface area contributed by atoms with Crippen LogP contribution in [0.4, 0.5) is 0 Å². The first-order valence-electron chi connectivity index (χ1n) is 6.74. The third kappa shape index (κ3) is 13.1. The summed E-state index contributed by atoms with van der Waals surface area (Å²) in [5.41, 5.74) is 0.940. The fourth-order valence-electron chi connectivity index (χ4n) is 1.22. The first-order valence-corrected chi connectivity index (χ1v) is 6.74. The molecule has 2 heteroatoms. The standard InChI is InChI=1S/C13H4.C9H10O2/c1-3-5-7-9-11-13-12-10-8-6-4-2;1-7(10)6-8-2-4-9(11)5-3-8/h1H,2H3;2-5,11H,6H2,1H3. The highest BCUT2D eigenvalue weighted by atomic mass is 16.3. The molecule has 0 saturated carbocycles. The molecule has 1 rings (SSSR count). The predicted molar refractivity (Wildman–Crippen MR) is 95.9 cm³/mol. The number of aromatic hydroxyl groups is 1. The van der Waals surface area contributed by atoms with Crippen molar-refractivity contribution in [3.8, 4) is 77.3 Å². The van der Waals surface area contributed by atoms with Gasteiger partial charge in [-0.15, -0.1) is 6.42 Å². The van der Waals surface area contributed by atoms with Crippen molar-refractivity contribution in [2.45, 2.75) is 20.3 Å². The Bertz CT molecular complexity index is 899. The number of ketones is 1. The molecule has 0 bridgehead atoms. The van der Waals surface area contributed by atoms with Crippen molar-refractivity contribution in [3.63, 3.8) is 0 Å². The Morgan fingerprint density at radius 1 is 0.917 bits per heavy atom. The van der Waals surface area contributed by atoms with Crippen molar-refractivity contribution >= 4 is 5.78 Å². The quantitative estimate of drug-likeness (QED) is 0.850. The number of carbonyl (C=O) groups excluding carboxylic acids is 1.